The van der Waals surface area contributed by atoms with Gasteiger partial charge in [-0.2, -0.15) is 0 Å². The van der Waals surface area contributed by atoms with Gasteiger partial charge in [-0.05, 0) is 25.7 Å². The van der Waals surface area contributed by atoms with Crippen LogP contribution in [-0.2, 0) is 4.79 Å². The summed E-state index contributed by atoms with van der Waals surface area (Å²) >= 11 is 0. The topological polar surface area (TPSA) is 41.1 Å². The van der Waals surface area contributed by atoms with Gasteiger partial charge < -0.3 is 10.6 Å². The van der Waals surface area contributed by atoms with Gasteiger partial charge in [0.1, 0.15) is 0 Å². The molecule has 0 saturated heterocycles. The summed E-state index contributed by atoms with van der Waals surface area (Å²) in [5.74, 6) is 0.243. The van der Waals surface area contributed by atoms with Crippen LogP contribution in [-0.4, -0.2) is 24.5 Å². The maximum Gasteiger partial charge on any atom is 0.221 e. The Balaban J connectivity index is 1.56. The summed E-state index contributed by atoms with van der Waals surface area (Å²) in [6, 6.07) is 1.13. The van der Waals surface area contributed by atoms with Gasteiger partial charge in [-0.15, -0.1) is 0 Å². The van der Waals surface area contributed by atoms with Gasteiger partial charge in [0.15, 0.2) is 0 Å². The predicted molar refractivity (Wildman–Crippen MR) is 74.5 cm³/mol. The van der Waals surface area contributed by atoms with Crippen molar-refractivity contribution in [3.8, 4) is 0 Å². The second-order valence-corrected chi connectivity index (χ2v) is 5.94. The van der Waals surface area contributed by atoms with Gasteiger partial charge in [0, 0.05) is 25.0 Å². The van der Waals surface area contributed by atoms with E-state index in [1.807, 2.05) is 0 Å². The maximum atomic E-state index is 11.8. The molecule has 2 fully saturated rings. The Morgan fingerprint density at radius 3 is 2.06 bits per heavy atom. The summed E-state index contributed by atoms with van der Waals surface area (Å²) in [5, 5.41) is 6.71. The smallest absolute Gasteiger partial charge is 0.221 e. The zero-order valence-electron chi connectivity index (χ0n) is 11.5. The van der Waals surface area contributed by atoms with E-state index in [1.54, 1.807) is 0 Å². The maximum absolute atomic E-state index is 11.8. The fraction of sp³-hybridized carbons (Fsp3) is 0.933. The van der Waals surface area contributed by atoms with Crippen LogP contribution < -0.4 is 10.6 Å². The Hall–Kier alpha value is -0.570. The molecule has 0 spiro atoms. The molecule has 104 valence electrons. The molecule has 0 unspecified atom stereocenters. The number of hydrogen-bond acceptors (Lipinski definition) is 2. The first-order valence-electron chi connectivity index (χ1n) is 7.87. The molecule has 0 aromatic rings. The lowest BCUT2D eigenvalue weighted by Crippen LogP contribution is -2.37. The molecule has 0 aromatic carbocycles. The summed E-state index contributed by atoms with van der Waals surface area (Å²) in [4.78, 5) is 11.8. The van der Waals surface area contributed by atoms with Crippen molar-refractivity contribution in [1.82, 2.24) is 10.6 Å². The number of amides is 1. The van der Waals surface area contributed by atoms with E-state index in [0.717, 1.165) is 6.54 Å². The lowest BCUT2D eigenvalue weighted by atomic mass is 10.1. The van der Waals surface area contributed by atoms with E-state index in [0.29, 0.717) is 18.5 Å². The summed E-state index contributed by atoms with van der Waals surface area (Å²) in [6.07, 6.45) is 13.6. The van der Waals surface area contributed by atoms with Crippen molar-refractivity contribution < 1.29 is 4.79 Å². The molecule has 3 heteroatoms. The van der Waals surface area contributed by atoms with Crippen LogP contribution in [0.5, 0.6) is 0 Å². The average molecular weight is 252 g/mol. The molecule has 2 N–H and O–H groups in total. The van der Waals surface area contributed by atoms with Crippen LogP contribution in [0, 0.1) is 0 Å². The third-order valence-corrected chi connectivity index (χ3v) is 4.36. The molecule has 2 rings (SSSR count). The summed E-state index contributed by atoms with van der Waals surface area (Å²) in [6.45, 7) is 0.850. The Morgan fingerprint density at radius 1 is 0.833 bits per heavy atom. The molecule has 0 bridgehead atoms. The molecular weight excluding hydrogens is 224 g/mol. The molecule has 3 nitrogen and oxygen atoms in total. The highest BCUT2D eigenvalue weighted by Crippen LogP contribution is 2.18. The first-order valence-corrected chi connectivity index (χ1v) is 7.87. The zero-order chi connectivity index (χ0) is 12.6. The zero-order valence-corrected chi connectivity index (χ0v) is 11.5. The Labute approximate surface area is 111 Å². The van der Waals surface area contributed by atoms with Crippen molar-refractivity contribution in [2.75, 3.05) is 6.54 Å². The number of hydrogen-bond donors (Lipinski definition) is 2. The Morgan fingerprint density at radius 2 is 1.39 bits per heavy atom. The first kappa shape index (κ1) is 13.9. The number of carbonyl (C=O) groups excluding carboxylic acids is 1. The highest BCUT2D eigenvalue weighted by atomic mass is 16.1. The van der Waals surface area contributed by atoms with E-state index in [1.165, 1.54) is 64.2 Å². The van der Waals surface area contributed by atoms with E-state index < -0.39 is 0 Å². The number of nitrogens with one attached hydrogen (secondary N) is 2. The highest BCUT2D eigenvalue weighted by molar-refractivity contribution is 5.76. The monoisotopic (exact) mass is 252 g/mol. The van der Waals surface area contributed by atoms with Crippen molar-refractivity contribution in [3.63, 3.8) is 0 Å². The molecule has 0 heterocycles. The van der Waals surface area contributed by atoms with Gasteiger partial charge in [-0.25, -0.2) is 0 Å². The van der Waals surface area contributed by atoms with Crippen LogP contribution in [0.3, 0.4) is 0 Å². The second kappa shape index (κ2) is 7.78. The Kier molecular flexibility index (Phi) is 5.98. The largest absolute Gasteiger partial charge is 0.353 e. The standard InChI is InChI=1S/C15H28N2O/c18-15(11-12-16-13-7-5-6-8-13)17-14-9-3-1-2-4-10-14/h13-14,16H,1-12H2,(H,17,18). The lowest BCUT2D eigenvalue weighted by molar-refractivity contribution is -0.121. The van der Waals surface area contributed by atoms with Gasteiger partial charge in [-0.3, -0.25) is 4.79 Å². The normalized spacial score (nSPS) is 22.9. The predicted octanol–water partition coefficient (Wildman–Crippen LogP) is 2.75. The molecular formula is C15H28N2O. The van der Waals surface area contributed by atoms with Crippen molar-refractivity contribution >= 4 is 5.91 Å². The van der Waals surface area contributed by atoms with Crippen molar-refractivity contribution in [3.05, 3.63) is 0 Å². The van der Waals surface area contributed by atoms with E-state index in [2.05, 4.69) is 10.6 Å². The van der Waals surface area contributed by atoms with Crippen molar-refractivity contribution in [2.45, 2.75) is 82.7 Å². The third kappa shape index (κ3) is 4.97. The van der Waals surface area contributed by atoms with E-state index in [9.17, 15) is 4.79 Å². The highest BCUT2D eigenvalue weighted by Gasteiger charge is 2.16. The Bertz CT molecular complexity index is 241. The minimum Gasteiger partial charge on any atom is -0.353 e. The first-order chi connectivity index (χ1) is 8.84. The van der Waals surface area contributed by atoms with E-state index in [-0.39, 0.29) is 5.91 Å². The fourth-order valence-electron chi connectivity index (χ4n) is 3.24. The van der Waals surface area contributed by atoms with Gasteiger partial charge in [0.2, 0.25) is 5.91 Å². The molecule has 2 aliphatic rings. The lowest BCUT2D eigenvalue weighted by Gasteiger charge is -2.17. The minimum absolute atomic E-state index is 0.243. The molecule has 0 radical (unpaired) electrons. The quantitative estimate of drug-likeness (QED) is 0.739. The minimum atomic E-state index is 0.243. The number of rotatable bonds is 5. The van der Waals surface area contributed by atoms with Gasteiger partial charge >= 0.3 is 0 Å². The van der Waals surface area contributed by atoms with Gasteiger partial charge in [-0.1, -0.05) is 38.5 Å². The molecule has 1 amide bonds. The van der Waals surface area contributed by atoms with Gasteiger partial charge in [0.25, 0.3) is 0 Å². The molecule has 0 aliphatic heterocycles. The fourth-order valence-corrected chi connectivity index (χ4v) is 3.24. The van der Waals surface area contributed by atoms with Crippen molar-refractivity contribution in [2.24, 2.45) is 0 Å². The van der Waals surface area contributed by atoms with Crippen LogP contribution in [0.4, 0.5) is 0 Å². The molecule has 2 saturated carbocycles. The molecule has 2 aliphatic carbocycles. The van der Waals surface area contributed by atoms with Crippen LogP contribution in [0.25, 0.3) is 0 Å². The van der Waals surface area contributed by atoms with E-state index >= 15 is 0 Å². The summed E-state index contributed by atoms with van der Waals surface area (Å²) in [5.41, 5.74) is 0. The number of carbonyl (C=O) groups is 1. The van der Waals surface area contributed by atoms with Crippen LogP contribution in [0.15, 0.2) is 0 Å². The SMILES string of the molecule is O=C(CCNC1CCCC1)NC1CCCCCC1. The third-order valence-electron chi connectivity index (χ3n) is 4.36. The molecule has 0 aromatic heterocycles. The second-order valence-electron chi connectivity index (χ2n) is 5.94. The van der Waals surface area contributed by atoms with Crippen molar-refractivity contribution in [1.29, 1.82) is 0 Å². The summed E-state index contributed by atoms with van der Waals surface area (Å²) < 4.78 is 0. The van der Waals surface area contributed by atoms with E-state index in [4.69, 9.17) is 0 Å². The van der Waals surface area contributed by atoms with Crippen LogP contribution in [0.1, 0.15) is 70.6 Å². The van der Waals surface area contributed by atoms with Crippen LogP contribution in [0.2, 0.25) is 0 Å². The summed E-state index contributed by atoms with van der Waals surface area (Å²) in [7, 11) is 0. The molecule has 0 atom stereocenters. The van der Waals surface area contributed by atoms with Crippen LogP contribution >= 0.6 is 0 Å². The van der Waals surface area contributed by atoms with Gasteiger partial charge in [0.05, 0.1) is 0 Å². The molecule has 18 heavy (non-hydrogen) atoms. The average Bonchev–Trinajstić information content (AvgIpc) is 2.74.